The van der Waals surface area contributed by atoms with E-state index < -0.39 is 9.84 Å². The summed E-state index contributed by atoms with van der Waals surface area (Å²) in [5.74, 6) is 0.113. The van der Waals surface area contributed by atoms with Crippen LogP contribution in [0, 0.1) is 13.8 Å². The van der Waals surface area contributed by atoms with Crippen molar-refractivity contribution in [1.29, 1.82) is 0 Å². The molecule has 32 heavy (non-hydrogen) atoms. The number of ether oxygens (including phenoxy) is 1. The molecule has 3 atom stereocenters. The van der Waals surface area contributed by atoms with Crippen molar-refractivity contribution in [2.24, 2.45) is 0 Å². The van der Waals surface area contributed by atoms with Crippen LogP contribution in [-0.4, -0.2) is 38.5 Å². The number of aryl methyl sites for hydroxylation is 2. The Kier molecular flexibility index (Phi) is 7.72. The monoisotopic (exact) mass is 457 g/mol. The second-order valence-electron chi connectivity index (χ2n) is 9.71. The maximum atomic E-state index is 12.2. The third-order valence-electron chi connectivity index (χ3n) is 7.04. The van der Waals surface area contributed by atoms with Crippen molar-refractivity contribution in [3.63, 3.8) is 0 Å². The second-order valence-corrected chi connectivity index (χ2v) is 12.3. The largest absolute Gasteiger partial charge is 0.372 e. The van der Waals surface area contributed by atoms with Gasteiger partial charge in [-0.15, -0.1) is 0 Å². The Morgan fingerprint density at radius 3 is 2.19 bits per heavy atom. The fraction of sp³-hybridized carbons (Fsp3) is 0.556. The number of nitrogens with zero attached hydrogens (tertiary/aromatic N) is 1. The number of hydrogen-bond donors (Lipinski definition) is 0. The number of rotatable bonds is 7. The summed E-state index contributed by atoms with van der Waals surface area (Å²) in [5.41, 5.74) is 7.51. The molecule has 0 N–H and O–H groups in total. The standard InChI is InChI=1S/C27H39NO3S/c1-18(2)32(29,30)17-25-10-8-24(9-11-25)12-13-26-14-15-27(21(5)20(26)4)28-16-19(3)31-23(7)22(28)6/h8-11,14-15,18-19,22-23H,12-13,16-17H2,1-7H3/t19-,22?,23+/m0/s1. The number of morpholine rings is 1. The lowest BCUT2D eigenvalue weighted by Crippen LogP contribution is -2.52. The molecular weight excluding hydrogens is 418 g/mol. The average molecular weight is 458 g/mol. The van der Waals surface area contributed by atoms with Crippen LogP contribution < -0.4 is 4.90 Å². The van der Waals surface area contributed by atoms with Crippen LogP contribution in [0.2, 0.25) is 0 Å². The van der Waals surface area contributed by atoms with Crippen molar-refractivity contribution < 1.29 is 13.2 Å². The minimum Gasteiger partial charge on any atom is -0.372 e. The highest BCUT2D eigenvalue weighted by Crippen LogP contribution is 2.31. The van der Waals surface area contributed by atoms with Gasteiger partial charge in [-0.1, -0.05) is 30.3 Å². The molecule has 0 aliphatic carbocycles. The van der Waals surface area contributed by atoms with E-state index in [1.54, 1.807) is 13.8 Å². The van der Waals surface area contributed by atoms with E-state index in [0.717, 1.165) is 24.9 Å². The minimum absolute atomic E-state index is 0.113. The van der Waals surface area contributed by atoms with E-state index in [1.165, 1.54) is 27.9 Å². The summed E-state index contributed by atoms with van der Waals surface area (Å²) in [6.07, 6.45) is 2.37. The summed E-state index contributed by atoms with van der Waals surface area (Å²) in [5, 5.41) is -0.344. The van der Waals surface area contributed by atoms with E-state index in [-0.39, 0.29) is 23.2 Å². The zero-order valence-electron chi connectivity index (χ0n) is 20.7. The lowest BCUT2D eigenvalue weighted by atomic mass is 9.94. The van der Waals surface area contributed by atoms with Gasteiger partial charge in [0.05, 0.1) is 29.3 Å². The van der Waals surface area contributed by atoms with Crippen LogP contribution >= 0.6 is 0 Å². The summed E-state index contributed by atoms with van der Waals surface area (Å²) in [6, 6.07) is 13.0. The number of anilines is 1. The molecule has 1 fully saturated rings. The average Bonchev–Trinajstić information content (AvgIpc) is 2.73. The third kappa shape index (κ3) is 5.55. The van der Waals surface area contributed by atoms with Crippen LogP contribution in [0.1, 0.15) is 62.4 Å². The third-order valence-corrected chi connectivity index (χ3v) is 9.22. The zero-order valence-corrected chi connectivity index (χ0v) is 21.5. The molecule has 1 saturated heterocycles. The summed E-state index contributed by atoms with van der Waals surface area (Å²) in [4.78, 5) is 2.49. The van der Waals surface area contributed by atoms with Gasteiger partial charge >= 0.3 is 0 Å². The molecule has 2 aromatic rings. The van der Waals surface area contributed by atoms with Gasteiger partial charge < -0.3 is 9.64 Å². The van der Waals surface area contributed by atoms with Gasteiger partial charge in [0.15, 0.2) is 9.84 Å². The van der Waals surface area contributed by atoms with Gasteiger partial charge in [-0.05, 0) is 95.2 Å². The van der Waals surface area contributed by atoms with Crippen LogP contribution in [-0.2, 0) is 33.2 Å². The zero-order chi connectivity index (χ0) is 23.6. The molecule has 5 heteroatoms. The van der Waals surface area contributed by atoms with Crippen molar-refractivity contribution in [1.82, 2.24) is 0 Å². The second kappa shape index (κ2) is 9.96. The normalized spacial score (nSPS) is 21.9. The van der Waals surface area contributed by atoms with Gasteiger partial charge in [0, 0.05) is 12.2 Å². The van der Waals surface area contributed by atoms with E-state index in [2.05, 4.69) is 63.8 Å². The molecule has 1 aliphatic rings. The fourth-order valence-electron chi connectivity index (χ4n) is 4.46. The van der Waals surface area contributed by atoms with Gasteiger partial charge in [-0.2, -0.15) is 0 Å². The van der Waals surface area contributed by atoms with E-state index in [9.17, 15) is 8.42 Å². The first-order valence-electron chi connectivity index (χ1n) is 11.8. The van der Waals surface area contributed by atoms with Crippen molar-refractivity contribution in [2.45, 2.75) is 90.6 Å². The first kappa shape index (κ1) is 24.8. The van der Waals surface area contributed by atoms with E-state index in [1.807, 2.05) is 12.1 Å². The molecule has 176 valence electrons. The summed E-state index contributed by atoms with van der Waals surface area (Å²) < 4.78 is 30.3. The fourth-order valence-corrected chi connectivity index (χ4v) is 5.45. The van der Waals surface area contributed by atoms with Gasteiger partial charge in [0.1, 0.15) is 0 Å². The summed E-state index contributed by atoms with van der Waals surface area (Å²) in [6.45, 7) is 15.4. The molecular formula is C27H39NO3S. The molecule has 3 rings (SSSR count). The highest BCUT2D eigenvalue weighted by Gasteiger charge is 2.30. The highest BCUT2D eigenvalue weighted by atomic mass is 32.2. The molecule has 4 nitrogen and oxygen atoms in total. The Morgan fingerprint density at radius 2 is 1.56 bits per heavy atom. The topological polar surface area (TPSA) is 46.6 Å². The smallest absolute Gasteiger partial charge is 0.156 e. The molecule has 0 saturated carbocycles. The van der Waals surface area contributed by atoms with Gasteiger partial charge in [-0.25, -0.2) is 8.42 Å². The maximum absolute atomic E-state index is 12.2. The van der Waals surface area contributed by atoms with E-state index in [0.29, 0.717) is 6.04 Å². The molecule has 0 aromatic heterocycles. The van der Waals surface area contributed by atoms with Gasteiger partial charge in [0.2, 0.25) is 0 Å². The Hall–Kier alpha value is -1.85. The van der Waals surface area contributed by atoms with Crippen LogP contribution in [0.4, 0.5) is 5.69 Å². The Bertz CT molecular complexity index is 1030. The SMILES string of the molecule is Cc1c(CCc2ccc(CS(=O)(=O)C(C)C)cc2)ccc(N2C[C@H](C)O[C@H](C)C2C)c1C. The van der Waals surface area contributed by atoms with E-state index >= 15 is 0 Å². The van der Waals surface area contributed by atoms with E-state index in [4.69, 9.17) is 4.74 Å². The first-order chi connectivity index (χ1) is 15.0. The van der Waals surface area contributed by atoms with Crippen molar-refractivity contribution >= 4 is 15.5 Å². The lowest BCUT2D eigenvalue weighted by molar-refractivity contribution is -0.0258. The molecule has 1 unspecified atom stereocenters. The molecule has 0 amide bonds. The van der Waals surface area contributed by atoms with Crippen molar-refractivity contribution in [2.75, 3.05) is 11.4 Å². The van der Waals surface area contributed by atoms with Crippen LogP contribution in [0.25, 0.3) is 0 Å². The number of hydrogen-bond acceptors (Lipinski definition) is 4. The molecule has 0 radical (unpaired) electrons. The predicted molar refractivity (Wildman–Crippen MR) is 134 cm³/mol. The quantitative estimate of drug-likeness (QED) is 0.557. The summed E-state index contributed by atoms with van der Waals surface area (Å²) >= 11 is 0. The number of sulfone groups is 1. The molecule has 0 spiro atoms. The number of benzene rings is 2. The molecule has 0 bridgehead atoms. The van der Waals surface area contributed by atoms with Crippen molar-refractivity contribution in [3.8, 4) is 0 Å². The molecule has 2 aromatic carbocycles. The predicted octanol–water partition coefficient (Wildman–Crippen LogP) is 5.41. The van der Waals surface area contributed by atoms with Crippen LogP contribution in [0.5, 0.6) is 0 Å². The Balaban J connectivity index is 1.69. The van der Waals surface area contributed by atoms with Crippen molar-refractivity contribution in [3.05, 3.63) is 64.2 Å². The van der Waals surface area contributed by atoms with Crippen LogP contribution in [0.3, 0.4) is 0 Å². The highest BCUT2D eigenvalue weighted by molar-refractivity contribution is 7.91. The molecule has 1 heterocycles. The van der Waals surface area contributed by atoms with Gasteiger partial charge in [-0.3, -0.25) is 0 Å². The Labute approximate surface area is 194 Å². The van der Waals surface area contributed by atoms with Crippen LogP contribution in [0.15, 0.2) is 36.4 Å². The summed E-state index contributed by atoms with van der Waals surface area (Å²) in [7, 11) is -3.07. The maximum Gasteiger partial charge on any atom is 0.156 e. The minimum atomic E-state index is -3.07. The Morgan fingerprint density at radius 1 is 0.938 bits per heavy atom. The lowest BCUT2D eigenvalue weighted by Gasteiger charge is -2.43. The van der Waals surface area contributed by atoms with Gasteiger partial charge in [0.25, 0.3) is 0 Å². The first-order valence-corrected chi connectivity index (χ1v) is 13.5. The molecule has 1 aliphatic heterocycles.